The van der Waals surface area contributed by atoms with Crippen LogP contribution in [0.15, 0.2) is 24.3 Å². The van der Waals surface area contributed by atoms with Gasteiger partial charge >= 0.3 is 0 Å². The van der Waals surface area contributed by atoms with Crippen LogP contribution in [0.1, 0.15) is 11.4 Å². The number of pyridine rings is 1. The van der Waals surface area contributed by atoms with Gasteiger partial charge in [0.05, 0.1) is 12.1 Å². The van der Waals surface area contributed by atoms with Gasteiger partial charge in [0.2, 0.25) is 0 Å². The molecule has 0 spiro atoms. The maximum atomic E-state index is 10.0. The third-order valence-electron chi connectivity index (χ3n) is 2.95. The van der Waals surface area contributed by atoms with Gasteiger partial charge in [-0.15, -0.1) is 10.2 Å². The van der Waals surface area contributed by atoms with E-state index in [0.29, 0.717) is 17.0 Å². The first-order valence-corrected chi connectivity index (χ1v) is 5.37. The SMILES string of the molecule is Cc1cc2nnc(CN)n2c2c(O)cccc12. The molecule has 2 aromatic heterocycles. The largest absolute Gasteiger partial charge is 0.506 e. The van der Waals surface area contributed by atoms with Gasteiger partial charge < -0.3 is 10.8 Å². The van der Waals surface area contributed by atoms with E-state index in [-0.39, 0.29) is 12.3 Å². The molecular formula is C12H12N4O. The highest BCUT2D eigenvalue weighted by Crippen LogP contribution is 2.28. The van der Waals surface area contributed by atoms with Crippen LogP contribution in [0, 0.1) is 6.92 Å². The molecule has 0 unspecified atom stereocenters. The Labute approximate surface area is 97.5 Å². The quantitative estimate of drug-likeness (QED) is 0.659. The Kier molecular flexibility index (Phi) is 2.02. The Hall–Kier alpha value is -2.14. The molecule has 3 N–H and O–H groups in total. The zero-order valence-corrected chi connectivity index (χ0v) is 9.38. The van der Waals surface area contributed by atoms with Gasteiger partial charge in [-0.2, -0.15) is 0 Å². The molecule has 5 heteroatoms. The van der Waals surface area contributed by atoms with E-state index in [4.69, 9.17) is 5.73 Å². The van der Waals surface area contributed by atoms with Crippen LogP contribution in [0.4, 0.5) is 0 Å². The molecule has 1 aromatic carbocycles. The number of hydrogen-bond acceptors (Lipinski definition) is 4. The van der Waals surface area contributed by atoms with Crippen molar-refractivity contribution in [3.05, 3.63) is 35.7 Å². The average Bonchev–Trinajstić information content (AvgIpc) is 2.72. The lowest BCUT2D eigenvalue weighted by atomic mass is 10.1. The number of nitrogens with two attached hydrogens (primary N) is 1. The van der Waals surface area contributed by atoms with Crippen molar-refractivity contribution in [2.45, 2.75) is 13.5 Å². The molecule has 0 radical (unpaired) electrons. The van der Waals surface area contributed by atoms with Crippen molar-refractivity contribution >= 4 is 16.6 Å². The molecule has 0 aliphatic rings. The number of para-hydroxylation sites is 1. The second kappa shape index (κ2) is 3.43. The predicted octanol–water partition coefficient (Wildman–Crippen LogP) is 1.36. The summed E-state index contributed by atoms with van der Waals surface area (Å²) in [7, 11) is 0. The lowest BCUT2D eigenvalue weighted by Gasteiger charge is -2.08. The molecule has 0 aliphatic heterocycles. The third-order valence-corrected chi connectivity index (χ3v) is 2.95. The number of aryl methyl sites for hydroxylation is 1. The number of fused-ring (bicyclic) bond motifs is 3. The van der Waals surface area contributed by atoms with Crippen molar-refractivity contribution in [2.75, 3.05) is 0 Å². The van der Waals surface area contributed by atoms with Crippen LogP contribution in [0.3, 0.4) is 0 Å². The molecule has 17 heavy (non-hydrogen) atoms. The minimum absolute atomic E-state index is 0.214. The first-order chi connectivity index (χ1) is 8.22. The number of aromatic hydroxyl groups is 1. The molecule has 0 atom stereocenters. The fourth-order valence-corrected chi connectivity index (χ4v) is 2.16. The average molecular weight is 228 g/mol. The van der Waals surface area contributed by atoms with Crippen LogP contribution in [0.5, 0.6) is 5.75 Å². The minimum Gasteiger partial charge on any atom is -0.506 e. The van der Waals surface area contributed by atoms with E-state index in [2.05, 4.69) is 10.2 Å². The number of nitrogens with zero attached hydrogens (tertiary/aromatic N) is 3. The van der Waals surface area contributed by atoms with Gasteiger partial charge in [0.25, 0.3) is 0 Å². The smallest absolute Gasteiger partial charge is 0.161 e. The maximum Gasteiger partial charge on any atom is 0.161 e. The molecule has 0 saturated carbocycles. The molecule has 5 nitrogen and oxygen atoms in total. The van der Waals surface area contributed by atoms with Gasteiger partial charge in [0, 0.05) is 5.39 Å². The van der Waals surface area contributed by atoms with E-state index in [1.165, 1.54) is 0 Å². The second-order valence-electron chi connectivity index (χ2n) is 4.01. The van der Waals surface area contributed by atoms with Crippen LogP contribution in [0.25, 0.3) is 16.6 Å². The fourth-order valence-electron chi connectivity index (χ4n) is 2.16. The lowest BCUT2D eigenvalue weighted by molar-refractivity contribution is 0.479. The Morgan fingerprint density at radius 3 is 2.94 bits per heavy atom. The Morgan fingerprint density at radius 2 is 2.18 bits per heavy atom. The van der Waals surface area contributed by atoms with Crippen LogP contribution in [0.2, 0.25) is 0 Å². The topological polar surface area (TPSA) is 76.4 Å². The van der Waals surface area contributed by atoms with Crippen LogP contribution >= 0.6 is 0 Å². The summed E-state index contributed by atoms with van der Waals surface area (Å²) in [6, 6.07) is 7.38. The van der Waals surface area contributed by atoms with Crippen molar-refractivity contribution in [1.82, 2.24) is 14.6 Å². The molecule has 0 aliphatic carbocycles. The summed E-state index contributed by atoms with van der Waals surface area (Å²) in [6.07, 6.45) is 0. The van der Waals surface area contributed by atoms with E-state index in [1.54, 1.807) is 10.5 Å². The third kappa shape index (κ3) is 1.29. The van der Waals surface area contributed by atoms with Gasteiger partial charge in [-0.3, -0.25) is 4.40 Å². The fraction of sp³-hybridized carbons (Fsp3) is 0.167. The number of benzene rings is 1. The first-order valence-electron chi connectivity index (χ1n) is 5.37. The Balaban J connectivity index is 2.63. The number of phenols is 1. The van der Waals surface area contributed by atoms with Gasteiger partial charge in [0.15, 0.2) is 11.5 Å². The number of rotatable bonds is 1. The summed E-state index contributed by atoms with van der Waals surface area (Å²) in [5.74, 6) is 0.859. The summed E-state index contributed by atoms with van der Waals surface area (Å²) in [5.41, 5.74) is 8.11. The van der Waals surface area contributed by atoms with E-state index in [0.717, 1.165) is 10.9 Å². The summed E-state index contributed by atoms with van der Waals surface area (Å²) in [5, 5.41) is 19.1. The monoisotopic (exact) mass is 228 g/mol. The molecule has 0 saturated heterocycles. The van der Waals surface area contributed by atoms with Crippen molar-refractivity contribution in [3.8, 4) is 5.75 Å². The minimum atomic E-state index is 0.214. The normalized spacial score (nSPS) is 11.4. The molecule has 0 fully saturated rings. The Morgan fingerprint density at radius 1 is 1.35 bits per heavy atom. The zero-order chi connectivity index (χ0) is 12.0. The maximum absolute atomic E-state index is 10.0. The van der Waals surface area contributed by atoms with Gasteiger partial charge in [-0.1, -0.05) is 12.1 Å². The Bertz CT molecular complexity index is 717. The van der Waals surface area contributed by atoms with Crippen molar-refractivity contribution in [1.29, 1.82) is 0 Å². The summed E-state index contributed by atoms with van der Waals surface area (Å²) < 4.78 is 1.80. The molecule has 3 rings (SSSR count). The van der Waals surface area contributed by atoms with Crippen molar-refractivity contribution in [2.24, 2.45) is 5.73 Å². The first kappa shape index (κ1) is 10.0. The summed E-state index contributed by atoms with van der Waals surface area (Å²) >= 11 is 0. The molecule has 3 aromatic rings. The summed E-state index contributed by atoms with van der Waals surface area (Å²) in [4.78, 5) is 0. The van der Waals surface area contributed by atoms with Crippen molar-refractivity contribution < 1.29 is 5.11 Å². The van der Waals surface area contributed by atoms with E-state index in [1.807, 2.05) is 25.1 Å². The number of aromatic nitrogens is 3. The second-order valence-corrected chi connectivity index (χ2v) is 4.01. The van der Waals surface area contributed by atoms with E-state index in [9.17, 15) is 5.11 Å². The predicted molar refractivity (Wildman–Crippen MR) is 64.8 cm³/mol. The van der Waals surface area contributed by atoms with Crippen LogP contribution in [-0.2, 0) is 6.54 Å². The van der Waals surface area contributed by atoms with E-state index >= 15 is 0 Å². The molecular weight excluding hydrogens is 216 g/mol. The highest BCUT2D eigenvalue weighted by molar-refractivity contribution is 5.90. The zero-order valence-electron chi connectivity index (χ0n) is 9.38. The highest BCUT2D eigenvalue weighted by atomic mass is 16.3. The van der Waals surface area contributed by atoms with E-state index < -0.39 is 0 Å². The molecule has 0 amide bonds. The van der Waals surface area contributed by atoms with Gasteiger partial charge in [-0.25, -0.2) is 0 Å². The van der Waals surface area contributed by atoms with Crippen LogP contribution in [-0.4, -0.2) is 19.7 Å². The summed E-state index contributed by atoms with van der Waals surface area (Å²) in [6.45, 7) is 2.27. The van der Waals surface area contributed by atoms with Gasteiger partial charge in [-0.05, 0) is 24.6 Å². The highest BCUT2D eigenvalue weighted by Gasteiger charge is 2.12. The van der Waals surface area contributed by atoms with Gasteiger partial charge in [0.1, 0.15) is 5.75 Å². The molecule has 86 valence electrons. The number of hydrogen-bond donors (Lipinski definition) is 2. The van der Waals surface area contributed by atoms with Crippen LogP contribution < -0.4 is 5.73 Å². The lowest BCUT2D eigenvalue weighted by Crippen LogP contribution is -2.03. The number of phenolic OH excluding ortho intramolecular Hbond substituents is 1. The standard InChI is InChI=1S/C12H12N4O/c1-7-5-10-14-15-11(6-13)16(10)12-8(7)3-2-4-9(12)17/h2-5,17H,6,13H2,1H3. The van der Waals surface area contributed by atoms with Crippen molar-refractivity contribution in [3.63, 3.8) is 0 Å². The molecule has 2 heterocycles. The molecule has 0 bridgehead atoms.